The second-order valence-electron chi connectivity index (χ2n) is 6.20. The van der Waals surface area contributed by atoms with E-state index in [-0.39, 0.29) is 12.5 Å². The summed E-state index contributed by atoms with van der Waals surface area (Å²) in [7, 11) is 0. The van der Waals surface area contributed by atoms with Crippen LogP contribution < -0.4 is 11.1 Å². The van der Waals surface area contributed by atoms with Crippen LogP contribution in [0.3, 0.4) is 0 Å². The molecule has 3 rings (SSSR count). The van der Waals surface area contributed by atoms with Gasteiger partial charge in [0, 0.05) is 18.1 Å². The number of nitrogens with zero attached hydrogens (tertiary/aromatic N) is 1. The number of nitrogens with two attached hydrogens (primary N) is 1. The van der Waals surface area contributed by atoms with Crippen molar-refractivity contribution in [2.75, 3.05) is 6.54 Å². The van der Waals surface area contributed by atoms with E-state index in [0.29, 0.717) is 24.5 Å². The van der Waals surface area contributed by atoms with Crippen molar-refractivity contribution in [1.29, 1.82) is 0 Å². The van der Waals surface area contributed by atoms with E-state index in [2.05, 4.69) is 5.32 Å². The monoisotopic (exact) mass is 357 g/mol. The molecule has 6 heteroatoms. The highest BCUT2D eigenvalue weighted by Crippen LogP contribution is 2.22. The van der Waals surface area contributed by atoms with E-state index in [9.17, 15) is 9.59 Å². The van der Waals surface area contributed by atoms with Gasteiger partial charge in [-0.2, -0.15) is 0 Å². The van der Waals surface area contributed by atoms with Crippen LogP contribution >= 0.6 is 11.6 Å². The molecule has 130 valence electrons. The van der Waals surface area contributed by atoms with Gasteiger partial charge in [-0.1, -0.05) is 48.0 Å². The number of carbonyl (C=O) groups excluding carboxylic acids is 2. The second kappa shape index (κ2) is 7.68. The van der Waals surface area contributed by atoms with E-state index in [1.54, 1.807) is 6.07 Å². The number of fused-ring (bicyclic) bond motifs is 1. The van der Waals surface area contributed by atoms with Crippen LogP contribution in [0.15, 0.2) is 48.5 Å². The zero-order chi connectivity index (χ0) is 17.8. The summed E-state index contributed by atoms with van der Waals surface area (Å²) in [5.74, 6) is -0.553. The van der Waals surface area contributed by atoms with Crippen molar-refractivity contribution in [3.63, 3.8) is 0 Å². The first-order chi connectivity index (χ1) is 12.0. The third kappa shape index (κ3) is 4.38. The summed E-state index contributed by atoms with van der Waals surface area (Å²) in [6.45, 7) is 1.06. The molecule has 1 aliphatic heterocycles. The zero-order valence-corrected chi connectivity index (χ0v) is 14.5. The van der Waals surface area contributed by atoms with Gasteiger partial charge in [0.15, 0.2) is 0 Å². The Kier molecular flexibility index (Phi) is 5.36. The Bertz CT molecular complexity index is 794. The van der Waals surface area contributed by atoms with Crippen molar-refractivity contribution in [2.24, 2.45) is 5.73 Å². The van der Waals surface area contributed by atoms with Gasteiger partial charge in [0.25, 0.3) is 0 Å². The lowest BCUT2D eigenvalue weighted by Crippen LogP contribution is -2.51. The molecule has 0 aromatic heterocycles. The Labute approximate surface area is 151 Å². The van der Waals surface area contributed by atoms with Gasteiger partial charge < -0.3 is 11.1 Å². The highest BCUT2D eigenvalue weighted by molar-refractivity contribution is 6.30. The average Bonchev–Trinajstić information content (AvgIpc) is 2.59. The summed E-state index contributed by atoms with van der Waals surface area (Å²) < 4.78 is 0. The average molecular weight is 358 g/mol. The molecule has 2 aromatic rings. The van der Waals surface area contributed by atoms with E-state index in [0.717, 1.165) is 16.7 Å². The number of benzene rings is 2. The lowest BCUT2D eigenvalue weighted by atomic mass is 9.93. The predicted octanol–water partition coefficient (Wildman–Crippen LogP) is 1.87. The molecule has 25 heavy (non-hydrogen) atoms. The number of nitrogens with one attached hydrogen (secondary N) is 1. The van der Waals surface area contributed by atoms with Crippen LogP contribution in [0.5, 0.6) is 0 Å². The third-order valence-electron chi connectivity index (χ3n) is 4.40. The maximum absolute atomic E-state index is 12.3. The number of halogens is 1. The van der Waals surface area contributed by atoms with Gasteiger partial charge in [-0.15, -0.1) is 0 Å². The topological polar surface area (TPSA) is 75.4 Å². The smallest absolute Gasteiger partial charge is 0.235 e. The quantitative estimate of drug-likeness (QED) is 0.857. The molecule has 0 bridgehead atoms. The molecule has 5 nitrogen and oxygen atoms in total. The normalized spacial score (nSPS) is 16.9. The molecule has 0 fully saturated rings. The van der Waals surface area contributed by atoms with Gasteiger partial charge in [-0.05, 0) is 35.2 Å². The number of primary amides is 1. The Balaban J connectivity index is 1.64. The highest BCUT2D eigenvalue weighted by atomic mass is 35.5. The Hall–Kier alpha value is -2.37. The van der Waals surface area contributed by atoms with Crippen LogP contribution in [0, 0.1) is 0 Å². The van der Waals surface area contributed by atoms with Gasteiger partial charge in [-0.25, -0.2) is 0 Å². The maximum Gasteiger partial charge on any atom is 0.235 e. The standard InChI is InChI=1S/C19H20ClN3O2/c20-16-7-3-4-13(8-16)10-22-18(24)12-23-11-15-6-2-1-5-14(15)9-17(23)19(21)25/h1-8,17H,9-12H2,(H2,21,25)(H,22,24). The Morgan fingerprint density at radius 3 is 2.64 bits per heavy atom. The SMILES string of the molecule is NC(=O)C1Cc2ccccc2CN1CC(=O)NCc1cccc(Cl)c1. The molecule has 1 heterocycles. The van der Waals surface area contributed by atoms with Gasteiger partial charge in [0.1, 0.15) is 0 Å². The summed E-state index contributed by atoms with van der Waals surface area (Å²) >= 11 is 5.95. The number of carbonyl (C=O) groups is 2. The molecule has 0 saturated carbocycles. The summed E-state index contributed by atoms with van der Waals surface area (Å²) in [5, 5.41) is 3.50. The molecule has 1 atom stereocenters. The fourth-order valence-electron chi connectivity index (χ4n) is 3.11. The van der Waals surface area contributed by atoms with E-state index in [1.807, 2.05) is 47.4 Å². The van der Waals surface area contributed by atoms with Crippen molar-refractivity contribution in [1.82, 2.24) is 10.2 Å². The fourth-order valence-corrected chi connectivity index (χ4v) is 3.32. The van der Waals surface area contributed by atoms with E-state index in [1.165, 1.54) is 0 Å². The highest BCUT2D eigenvalue weighted by Gasteiger charge is 2.31. The van der Waals surface area contributed by atoms with E-state index >= 15 is 0 Å². The van der Waals surface area contributed by atoms with Crippen LogP contribution in [-0.2, 0) is 29.1 Å². The van der Waals surface area contributed by atoms with Crippen LogP contribution in [0.4, 0.5) is 0 Å². The molecular formula is C19H20ClN3O2. The van der Waals surface area contributed by atoms with Gasteiger partial charge >= 0.3 is 0 Å². The number of hydrogen-bond acceptors (Lipinski definition) is 3. The third-order valence-corrected chi connectivity index (χ3v) is 4.63. The first-order valence-electron chi connectivity index (χ1n) is 8.14. The molecule has 0 spiro atoms. The van der Waals surface area contributed by atoms with Crippen molar-refractivity contribution >= 4 is 23.4 Å². The maximum atomic E-state index is 12.3. The van der Waals surface area contributed by atoms with Crippen molar-refractivity contribution in [3.8, 4) is 0 Å². The zero-order valence-electron chi connectivity index (χ0n) is 13.7. The Morgan fingerprint density at radius 2 is 1.92 bits per heavy atom. The second-order valence-corrected chi connectivity index (χ2v) is 6.64. The van der Waals surface area contributed by atoms with Crippen LogP contribution in [0.2, 0.25) is 5.02 Å². The molecule has 1 aliphatic rings. The van der Waals surface area contributed by atoms with Crippen molar-refractivity contribution < 1.29 is 9.59 Å². The van der Waals surface area contributed by atoms with E-state index < -0.39 is 11.9 Å². The van der Waals surface area contributed by atoms with Crippen LogP contribution in [0.1, 0.15) is 16.7 Å². The summed E-state index contributed by atoms with van der Waals surface area (Å²) in [5.41, 5.74) is 8.71. The lowest BCUT2D eigenvalue weighted by Gasteiger charge is -2.34. The molecule has 1 unspecified atom stereocenters. The van der Waals surface area contributed by atoms with Gasteiger partial charge in [-0.3, -0.25) is 14.5 Å². The number of rotatable bonds is 5. The predicted molar refractivity (Wildman–Crippen MR) is 96.8 cm³/mol. The van der Waals surface area contributed by atoms with Gasteiger partial charge in [0.2, 0.25) is 11.8 Å². The number of amides is 2. The first kappa shape index (κ1) is 17.5. The molecule has 0 aliphatic carbocycles. The minimum absolute atomic E-state index is 0.127. The minimum atomic E-state index is -0.466. The Morgan fingerprint density at radius 1 is 1.16 bits per heavy atom. The van der Waals surface area contributed by atoms with Crippen LogP contribution in [0.25, 0.3) is 0 Å². The molecular weight excluding hydrogens is 338 g/mol. The van der Waals surface area contributed by atoms with Crippen molar-refractivity contribution in [2.45, 2.75) is 25.6 Å². The van der Waals surface area contributed by atoms with Gasteiger partial charge in [0.05, 0.1) is 12.6 Å². The van der Waals surface area contributed by atoms with Crippen LogP contribution in [-0.4, -0.2) is 29.3 Å². The fraction of sp³-hybridized carbons (Fsp3) is 0.263. The molecule has 2 aromatic carbocycles. The lowest BCUT2D eigenvalue weighted by molar-refractivity contribution is -0.127. The molecule has 0 saturated heterocycles. The molecule has 2 amide bonds. The van der Waals surface area contributed by atoms with E-state index in [4.69, 9.17) is 17.3 Å². The molecule has 0 radical (unpaired) electrons. The minimum Gasteiger partial charge on any atom is -0.368 e. The summed E-state index contributed by atoms with van der Waals surface area (Å²) in [6.07, 6.45) is 0.535. The van der Waals surface area contributed by atoms with Crippen molar-refractivity contribution in [3.05, 3.63) is 70.2 Å². The summed E-state index contributed by atoms with van der Waals surface area (Å²) in [4.78, 5) is 26.0. The number of hydrogen-bond donors (Lipinski definition) is 2. The first-order valence-corrected chi connectivity index (χ1v) is 8.52. The summed E-state index contributed by atoms with van der Waals surface area (Å²) in [6, 6.07) is 14.8. The molecule has 3 N–H and O–H groups in total. The largest absolute Gasteiger partial charge is 0.368 e.